The van der Waals surface area contributed by atoms with E-state index in [1.54, 1.807) is 4.57 Å². The highest BCUT2D eigenvalue weighted by atomic mass is 28.4. The van der Waals surface area contributed by atoms with Gasteiger partial charge in [0.05, 0.1) is 6.61 Å². The van der Waals surface area contributed by atoms with E-state index in [4.69, 9.17) is 30.2 Å². The van der Waals surface area contributed by atoms with Crippen LogP contribution in [0.1, 0.15) is 74.4 Å². The molecule has 0 aliphatic carbocycles. The van der Waals surface area contributed by atoms with Gasteiger partial charge in [-0.05, 0) is 60.3 Å². The molecule has 1 fully saturated rings. The molecule has 2 aromatic heterocycles. The van der Waals surface area contributed by atoms with Crippen molar-refractivity contribution in [2.24, 2.45) is 0 Å². The van der Waals surface area contributed by atoms with Crippen LogP contribution in [0.25, 0.3) is 11.2 Å². The van der Waals surface area contributed by atoms with Crippen LogP contribution in [0.2, 0.25) is 54.4 Å². The largest absolute Gasteiger partial charge is 0.414 e. The average molecular weight is 650 g/mol. The summed E-state index contributed by atoms with van der Waals surface area (Å²) in [4.78, 5) is 24.3. The summed E-state index contributed by atoms with van der Waals surface area (Å²) >= 11 is 0. The second kappa shape index (κ2) is 11.5. The first-order chi connectivity index (χ1) is 19.2. The molecule has 0 bridgehead atoms. The predicted octanol–water partition coefficient (Wildman–Crippen LogP) is 6.38. The highest BCUT2D eigenvalue weighted by Crippen LogP contribution is 2.47. The van der Waals surface area contributed by atoms with Crippen molar-refractivity contribution < 1.29 is 18.0 Å². The number of hydrogen-bond acceptors (Lipinski definition) is 8. The molecule has 3 rings (SSSR count). The van der Waals surface area contributed by atoms with Crippen LogP contribution in [0, 0.1) is 12.3 Å². The first kappa shape index (κ1) is 35.7. The maximum absolute atomic E-state index is 12.9. The number of rotatable bonds is 8. The van der Waals surface area contributed by atoms with Gasteiger partial charge in [0.2, 0.25) is 5.95 Å². The summed E-state index contributed by atoms with van der Waals surface area (Å²) in [6.07, 6.45) is 3.68. The number of nitrogens with two attached hydrogens (primary N) is 1. The minimum atomic E-state index is -2.40. The molecule has 3 heterocycles. The van der Waals surface area contributed by atoms with Crippen LogP contribution in [0.4, 0.5) is 5.95 Å². The second-order valence-electron chi connectivity index (χ2n) is 16.4. The van der Waals surface area contributed by atoms with E-state index in [0.717, 1.165) is 0 Å². The first-order valence-electron chi connectivity index (χ1n) is 15.1. The van der Waals surface area contributed by atoms with Crippen molar-refractivity contribution in [3.8, 4) is 12.3 Å². The molecule has 1 saturated heterocycles. The SMILES string of the molecule is C#Cc1nc2c(=O)[nH]c(N)nc2n1[C@@H]1O[C@H](CO[Si](C)(C)C(C)(C)C)[C@@H](O[Si](C)(C)C(C)(C)C)[C@H]1O[Si](C)(C)C(C)(C)C. The van der Waals surface area contributed by atoms with E-state index in [2.05, 4.69) is 122 Å². The lowest BCUT2D eigenvalue weighted by atomic mass is 10.1. The molecule has 0 aromatic carbocycles. The summed E-state index contributed by atoms with van der Waals surface area (Å²) in [5.74, 6) is 2.82. The molecule has 242 valence electrons. The van der Waals surface area contributed by atoms with Gasteiger partial charge in [-0.1, -0.05) is 62.3 Å². The summed E-state index contributed by atoms with van der Waals surface area (Å²) in [7, 11) is -6.88. The number of H-pyrrole nitrogens is 1. The molecule has 0 spiro atoms. The second-order valence-corrected chi connectivity index (χ2v) is 30.7. The van der Waals surface area contributed by atoms with Gasteiger partial charge >= 0.3 is 0 Å². The van der Waals surface area contributed by atoms with Crippen LogP contribution < -0.4 is 11.3 Å². The number of nitrogen functional groups attached to an aromatic ring is 1. The topological polar surface area (TPSA) is 127 Å². The van der Waals surface area contributed by atoms with Gasteiger partial charge in [0.15, 0.2) is 48.2 Å². The summed E-state index contributed by atoms with van der Waals surface area (Å²) in [5.41, 5.74) is 5.88. The Labute approximate surface area is 261 Å². The number of aromatic amines is 1. The number of fused-ring (bicyclic) bond motifs is 1. The van der Waals surface area contributed by atoms with Crippen molar-refractivity contribution in [2.45, 2.75) is 141 Å². The Bertz CT molecular complexity index is 1420. The number of hydrogen-bond donors (Lipinski definition) is 2. The Hall–Kier alpha value is -1.80. The van der Waals surface area contributed by atoms with Gasteiger partial charge in [-0.25, -0.2) is 4.98 Å². The van der Waals surface area contributed by atoms with Crippen molar-refractivity contribution in [3.05, 3.63) is 16.2 Å². The van der Waals surface area contributed by atoms with Gasteiger partial charge in [0.25, 0.3) is 5.56 Å². The van der Waals surface area contributed by atoms with Crippen molar-refractivity contribution in [2.75, 3.05) is 12.3 Å². The van der Waals surface area contributed by atoms with Crippen molar-refractivity contribution in [1.82, 2.24) is 19.5 Å². The Balaban J connectivity index is 2.28. The fraction of sp³-hybridized carbons (Fsp3) is 0.767. The van der Waals surface area contributed by atoms with Gasteiger partial charge < -0.3 is 23.7 Å². The Kier molecular flexibility index (Phi) is 9.57. The summed E-state index contributed by atoms with van der Waals surface area (Å²) in [6, 6.07) is 0. The van der Waals surface area contributed by atoms with Crippen LogP contribution >= 0.6 is 0 Å². The predicted molar refractivity (Wildman–Crippen MR) is 182 cm³/mol. The Morgan fingerprint density at radius 1 is 0.884 bits per heavy atom. The zero-order valence-corrected chi connectivity index (χ0v) is 32.1. The minimum Gasteiger partial charge on any atom is -0.414 e. The molecule has 43 heavy (non-hydrogen) atoms. The van der Waals surface area contributed by atoms with Gasteiger partial charge in [0, 0.05) is 0 Å². The molecule has 0 radical (unpaired) electrons. The van der Waals surface area contributed by atoms with E-state index < -0.39 is 55.1 Å². The lowest BCUT2D eigenvalue weighted by Crippen LogP contribution is -2.54. The third-order valence-electron chi connectivity index (χ3n) is 10.1. The molecule has 2 aromatic rings. The van der Waals surface area contributed by atoms with E-state index in [0.29, 0.717) is 6.61 Å². The molecule has 3 N–H and O–H groups in total. The van der Waals surface area contributed by atoms with E-state index in [-0.39, 0.29) is 38.1 Å². The fourth-order valence-corrected chi connectivity index (χ4v) is 7.82. The van der Waals surface area contributed by atoms with E-state index >= 15 is 0 Å². The monoisotopic (exact) mass is 649 g/mol. The number of ether oxygens (including phenoxy) is 1. The number of imidazole rings is 1. The number of aromatic nitrogens is 4. The molecule has 0 amide bonds. The molecular weight excluding hydrogens is 595 g/mol. The molecule has 1 aliphatic rings. The van der Waals surface area contributed by atoms with E-state index in [1.165, 1.54) is 0 Å². The first-order valence-corrected chi connectivity index (χ1v) is 23.9. The van der Waals surface area contributed by atoms with Crippen LogP contribution in [-0.4, -0.2) is 69.4 Å². The van der Waals surface area contributed by atoms with Crippen LogP contribution in [0.3, 0.4) is 0 Å². The van der Waals surface area contributed by atoms with Gasteiger partial charge in [-0.15, -0.1) is 6.42 Å². The van der Waals surface area contributed by atoms with E-state index in [9.17, 15) is 4.79 Å². The van der Waals surface area contributed by atoms with Gasteiger partial charge in [-0.2, -0.15) is 4.98 Å². The van der Waals surface area contributed by atoms with Gasteiger partial charge in [0.1, 0.15) is 18.3 Å². The third-order valence-corrected chi connectivity index (χ3v) is 23.6. The standard InChI is InChI=1S/C30H55N5O5Si3/c1-17-20-32-21-24(33-27(31)34-25(21)36)35(20)26-23(40-43(15,16)30(8,9)10)22(39-42(13,14)29(5,6)7)19(38-26)18-37-41(11,12)28(2,3)4/h1,19,22-23,26H,18H2,2-16H3,(H3,31,33,34,36)/t19-,22-,23-,26-/m1/s1. The number of nitrogens with one attached hydrogen (secondary N) is 1. The summed E-state index contributed by atoms with van der Waals surface area (Å²) in [5, 5.41) is -0.148. The Morgan fingerprint density at radius 3 is 1.84 bits per heavy atom. The van der Waals surface area contributed by atoms with E-state index in [1.807, 2.05) is 0 Å². The van der Waals surface area contributed by atoms with Crippen LogP contribution in [-0.2, 0) is 18.0 Å². The maximum atomic E-state index is 12.9. The van der Waals surface area contributed by atoms with Crippen LogP contribution in [0.15, 0.2) is 4.79 Å². The zero-order chi connectivity index (χ0) is 33.1. The molecule has 0 saturated carbocycles. The van der Waals surface area contributed by atoms with Crippen molar-refractivity contribution >= 4 is 42.1 Å². The number of anilines is 1. The van der Waals surface area contributed by atoms with Crippen LogP contribution in [0.5, 0.6) is 0 Å². The lowest BCUT2D eigenvalue weighted by molar-refractivity contribution is -0.0473. The number of nitrogens with zero attached hydrogens (tertiary/aromatic N) is 3. The minimum absolute atomic E-state index is 0.0114. The molecule has 10 nitrogen and oxygen atoms in total. The van der Waals surface area contributed by atoms with Crippen molar-refractivity contribution in [3.63, 3.8) is 0 Å². The summed E-state index contributed by atoms with van der Waals surface area (Å²) < 4.78 is 29.8. The molecule has 4 atom stereocenters. The molecule has 0 unspecified atom stereocenters. The number of terminal acetylenes is 1. The highest BCUT2D eigenvalue weighted by Gasteiger charge is 2.55. The third kappa shape index (κ3) is 7.05. The lowest BCUT2D eigenvalue weighted by Gasteiger charge is -2.44. The molecule has 13 heteroatoms. The quantitative estimate of drug-likeness (QED) is 0.249. The Morgan fingerprint density at radius 2 is 1.37 bits per heavy atom. The normalized spacial score (nSPS) is 22.7. The maximum Gasteiger partial charge on any atom is 0.280 e. The van der Waals surface area contributed by atoms with Gasteiger partial charge in [-0.3, -0.25) is 14.3 Å². The molecule has 1 aliphatic heterocycles. The summed E-state index contributed by atoms with van der Waals surface area (Å²) in [6.45, 7) is 33.6. The highest BCUT2D eigenvalue weighted by molar-refractivity contribution is 6.75. The van der Waals surface area contributed by atoms with Crippen molar-refractivity contribution in [1.29, 1.82) is 0 Å². The average Bonchev–Trinajstić information content (AvgIpc) is 3.33. The molecular formula is C30H55N5O5Si3. The smallest absolute Gasteiger partial charge is 0.280 e. The fourth-order valence-electron chi connectivity index (χ4n) is 4.20. The zero-order valence-electron chi connectivity index (χ0n) is 29.1.